The van der Waals surface area contributed by atoms with Crippen molar-refractivity contribution in [3.63, 3.8) is 0 Å². The van der Waals surface area contributed by atoms with Gasteiger partial charge in [0, 0.05) is 31.9 Å². The summed E-state index contributed by atoms with van der Waals surface area (Å²) < 4.78 is 45.7. The van der Waals surface area contributed by atoms with Crippen LogP contribution in [0.15, 0.2) is 54.0 Å². The lowest BCUT2D eigenvalue weighted by Gasteiger charge is -2.37. The summed E-state index contributed by atoms with van der Waals surface area (Å²) in [5.41, 5.74) is 4.22. The first-order valence-electron chi connectivity index (χ1n) is 13.5. The van der Waals surface area contributed by atoms with Crippen LogP contribution < -0.4 is 15.4 Å². The zero-order valence-electron chi connectivity index (χ0n) is 23.1. The Hall–Kier alpha value is -4.47. The first kappa shape index (κ1) is 29.6. The summed E-state index contributed by atoms with van der Waals surface area (Å²) in [7, 11) is 1.96. The Labute approximate surface area is 253 Å². The molecule has 4 aromatic rings. The molecule has 5 heterocycles. The summed E-state index contributed by atoms with van der Waals surface area (Å²) in [6, 6.07) is 11.3. The van der Waals surface area contributed by atoms with E-state index in [2.05, 4.69) is 30.5 Å². The number of carboxylic acids is 1. The standard InChI is InChI=1S/C26H25ClN8O2.C2HF3O2/c1-34-14-31-20-9-16(5-6-22(20)34)37-23-7-2-15(8-19(23)27)32-25-24-21(29-13-30-25)10-28-26(33-24)35-11-17-3-4-18(12-35)36-17;3-2(4,5)1(6)7/h2,5-10,13-14,17-18,26,33H,3-4,11-12H2,1H3,(H,29,30,32);(H,6,7). The lowest BCUT2D eigenvalue weighted by atomic mass is 10.2. The van der Waals surface area contributed by atoms with Gasteiger partial charge in [0.1, 0.15) is 29.2 Å². The fourth-order valence-corrected chi connectivity index (χ4v) is 5.40. The molecule has 16 heteroatoms. The molecule has 2 aromatic heterocycles. The smallest absolute Gasteiger partial charge is 0.475 e. The molecule has 2 fully saturated rings. The van der Waals surface area contributed by atoms with Crippen LogP contribution in [0.25, 0.3) is 11.0 Å². The molecule has 0 saturated carbocycles. The number of rotatable bonds is 5. The topological polar surface area (TPSA) is 139 Å². The van der Waals surface area contributed by atoms with Crippen molar-refractivity contribution in [1.82, 2.24) is 24.4 Å². The summed E-state index contributed by atoms with van der Waals surface area (Å²) in [5, 5.41) is 14.5. The second kappa shape index (κ2) is 11.9. The van der Waals surface area contributed by atoms with Gasteiger partial charge >= 0.3 is 12.1 Å². The molecule has 44 heavy (non-hydrogen) atoms. The number of hydrogen-bond acceptors (Lipinski definition) is 10. The third-order valence-corrected chi connectivity index (χ3v) is 7.56. The summed E-state index contributed by atoms with van der Waals surface area (Å²) >= 11 is 6.60. The van der Waals surface area contributed by atoms with Crippen LogP contribution in [0.4, 0.5) is 30.4 Å². The maximum absolute atomic E-state index is 10.6. The van der Waals surface area contributed by atoms with Crippen molar-refractivity contribution in [1.29, 1.82) is 0 Å². The van der Waals surface area contributed by atoms with E-state index in [-0.39, 0.29) is 18.5 Å². The molecule has 7 rings (SSSR count). The van der Waals surface area contributed by atoms with Crippen molar-refractivity contribution in [3.05, 3.63) is 59.8 Å². The van der Waals surface area contributed by atoms with Gasteiger partial charge in [-0.2, -0.15) is 13.2 Å². The maximum atomic E-state index is 10.6. The predicted molar refractivity (Wildman–Crippen MR) is 156 cm³/mol. The minimum atomic E-state index is -5.08. The number of ether oxygens (including phenoxy) is 2. The molecule has 3 N–H and O–H groups in total. The van der Waals surface area contributed by atoms with Crippen LogP contribution in [0.2, 0.25) is 5.02 Å². The number of aromatic nitrogens is 4. The zero-order chi connectivity index (χ0) is 31.0. The molecule has 0 spiro atoms. The Morgan fingerprint density at radius 3 is 2.59 bits per heavy atom. The number of carbonyl (C=O) groups is 1. The number of benzene rings is 2. The number of aliphatic imine (C=N–C) groups is 1. The fraction of sp³-hybridized carbons (Fsp3) is 0.321. The van der Waals surface area contributed by atoms with Gasteiger partial charge in [0.05, 0.1) is 40.8 Å². The van der Waals surface area contributed by atoms with E-state index < -0.39 is 12.1 Å². The minimum absolute atomic E-state index is 0.179. The second-order valence-electron chi connectivity index (χ2n) is 10.4. The summed E-state index contributed by atoms with van der Waals surface area (Å²) in [6.45, 7) is 1.73. The van der Waals surface area contributed by atoms with Crippen LogP contribution in [0.5, 0.6) is 11.5 Å². The van der Waals surface area contributed by atoms with E-state index in [0.29, 0.717) is 22.3 Å². The SMILES string of the molecule is Cn1cnc2cc(Oc3ccc(Nc4ncnc5c4NC(N4CC6CCC(C4)O6)N=C5)cc3Cl)ccc21.O=C(O)C(F)(F)F. The van der Waals surface area contributed by atoms with Crippen LogP contribution in [0.1, 0.15) is 18.5 Å². The molecular formula is C28H26ClF3N8O4. The van der Waals surface area contributed by atoms with Gasteiger partial charge in [0.2, 0.25) is 0 Å². The summed E-state index contributed by atoms with van der Waals surface area (Å²) in [6.07, 6.45) is 2.65. The number of fused-ring (bicyclic) bond motifs is 4. The van der Waals surface area contributed by atoms with Gasteiger partial charge in [0.25, 0.3) is 0 Å². The first-order chi connectivity index (χ1) is 21.0. The average Bonchev–Trinajstić information content (AvgIpc) is 3.54. The molecule has 2 bridgehead atoms. The maximum Gasteiger partial charge on any atom is 0.490 e. The predicted octanol–water partition coefficient (Wildman–Crippen LogP) is 5.18. The Morgan fingerprint density at radius 1 is 1.14 bits per heavy atom. The van der Waals surface area contributed by atoms with Crippen LogP contribution >= 0.6 is 11.6 Å². The van der Waals surface area contributed by atoms with Gasteiger partial charge in [-0.3, -0.25) is 9.89 Å². The second-order valence-corrected chi connectivity index (χ2v) is 10.8. The van der Waals surface area contributed by atoms with Gasteiger partial charge in [-0.15, -0.1) is 0 Å². The highest BCUT2D eigenvalue weighted by Crippen LogP contribution is 2.36. The monoisotopic (exact) mass is 630 g/mol. The minimum Gasteiger partial charge on any atom is -0.475 e. The van der Waals surface area contributed by atoms with E-state index in [1.807, 2.05) is 54.2 Å². The number of nitrogens with one attached hydrogen (secondary N) is 2. The van der Waals surface area contributed by atoms with Gasteiger partial charge in [0.15, 0.2) is 12.1 Å². The van der Waals surface area contributed by atoms with Crippen molar-refractivity contribution >= 4 is 52.0 Å². The van der Waals surface area contributed by atoms with E-state index in [1.54, 1.807) is 6.33 Å². The fourth-order valence-electron chi connectivity index (χ4n) is 5.18. The number of morpholine rings is 1. The van der Waals surface area contributed by atoms with E-state index in [1.165, 1.54) is 6.33 Å². The van der Waals surface area contributed by atoms with E-state index >= 15 is 0 Å². The number of aliphatic carboxylic acids is 1. The van der Waals surface area contributed by atoms with E-state index in [4.69, 9.17) is 36.0 Å². The van der Waals surface area contributed by atoms with Gasteiger partial charge < -0.3 is 29.8 Å². The highest BCUT2D eigenvalue weighted by molar-refractivity contribution is 6.32. The number of likely N-dealkylation sites (tertiary alicyclic amines) is 1. The van der Waals surface area contributed by atoms with Crippen molar-refractivity contribution in [2.45, 2.75) is 37.5 Å². The number of hydrogen-bond donors (Lipinski definition) is 3. The molecule has 3 aliphatic rings. The molecule has 2 saturated heterocycles. The molecule has 0 radical (unpaired) electrons. The van der Waals surface area contributed by atoms with E-state index in [0.717, 1.165) is 54.0 Å². The van der Waals surface area contributed by atoms with Crippen molar-refractivity contribution in [2.75, 3.05) is 23.7 Å². The molecule has 0 amide bonds. The Kier molecular flexibility index (Phi) is 8.00. The van der Waals surface area contributed by atoms with Gasteiger partial charge in [-0.05, 0) is 43.2 Å². The largest absolute Gasteiger partial charge is 0.490 e. The molecule has 3 aliphatic heterocycles. The number of alkyl halides is 3. The number of halogens is 4. The third-order valence-electron chi connectivity index (χ3n) is 7.27. The first-order valence-corrected chi connectivity index (χ1v) is 13.9. The molecular weight excluding hydrogens is 605 g/mol. The van der Waals surface area contributed by atoms with Crippen LogP contribution in [0.3, 0.4) is 0 Å². The highest BCUT2D eigenvalue weighted by atomic mass is 35.5. The van der Waals surface area contributed by atoms with Crippen molar-refractivity contribution in [2.24, 2.45) is 12.0 Å². The van der Waals surface area contributed by atoms with Crippen LogP contribution in [-0.4, -0.2) is 79.5 Å². The molecule has 0 aliphatic carbocycles. The molecule has 12 nitrogen and oxygen atoms in total. The lowest BCUT2D eigenvalue weighted by Crippen LogP contribution is -2.51. The third kappa shape index (κ3) is 6.39. The quantitative estimate of drug-likeness (QED) is 0.270. The Balaban J connectivity index is 0.000000441. The number of aryl methyl sites for hydroxylation is 1. The number of carboxylic acid groups (broad SMARTS) is 1. The summed E-state index contributed by atoms with van der Waals surface area (Å²) in [4.78, 5) is 29.2. The summed E-state index contributed by atoms with van der Waals surface area (Å²) in [5.74, 6) is -0.875. The van der Waals surface area contributed by atoms with Crippen LogP contribution in [-0.2, 0) is 16.6 Å². The number of nitrogens with zero attached hydrogens (tertiary/aromatic N) is 6. The molecule has 230 valence electrons. The Bertz CT molecular complexity index is 1720. The van der Waals surface area contributed by atoms with Gasteiger partial charge in [-0.25, -0.2) is 19.7 Å². The van der Waals surface area contributed by atoms with Crippen LogP contribution in [0, 0.1) is 0 Å². The average molecular weight is 631 g/mol. The number of anilines is 3. The molecule has 3 unspecified atom stereocenters. The molecule has 2 aromatic carbocycles. The van der Waals surface area contributed by atoms with Gasteiger partial charge in [-0.1, -0.05) is 11.6 Å². The lowest BCUT2D eigenvalue weighted by molar-refractivity contribution is -0.192. The van der Waals surface area contributed by atoms with Crippen molar-refractivity contribution in [3.8, 4) is 11.5 Å². The van der Waals surface area contributed by atoms with Crippen molar-refractivity contribution < 1.29 is 32.5 Å². The Morgan fingerprint density at radius 2 is 1.89 bits per heavy atom. The zero-order valence-corrected chi connectivity index (χ0v) is 23.9. The molecule has 3 atom stereocenters. The number of imidazole rings is 1. The normalized spacial score (nSPS) is 20.8. The highest BCUT2D eigenvalue weighted by Gasteiger charge is 2.38. The van der Waals surface area contributed by atoms with E-state index in [9.17, 15) is 13.2 Å².